The first-order valence-corrected chi connectivity index (χ1v) is 9.83. The molecule has 6 nitrogen and oxygen atoms in total. The van der Waals surface area contributed by atoms with Gasteiger partial charge in [-0.25, -0.2) is 8.42 Å². The predicted octanol–water partition coefficient (Wildman–Crippen LogP) is 1.20. The van der Waals surface area contributed by atoms with E-state index in [1.54, 1.807) is 0 Å². The van der Waals surface area contributed by atoms with Crippen LogP contribution in [-0.4, -0.2) is 31.7 Å². The van der Waals surface area contributed by atoms with Crippen molar-refractivity contribution in [3.05, 3.63) is 21.4 Å². The first kappa shape index (κ1) is 17.0. The quantitative estimate of drug-likeness (QED) is 0.803. The molecule has 1 aliphatic rings. The molecular formula is C14H20N2O4S2. The van der Waals surface area contributed by atoms with E-state index in [-0.39, 0.29) is 35.7 Å². The second kappa shape index (κ2) is 6.78. The van der Waals surface area contributed by atoms with Gasteiger partial charge in [-0.15, -0.1) is 11.3 Å². The number of hydrogen-bond acceptors (Lipinski definition) is 5. The Morgan fingerprint density at radius 3 is 2.64 bits per heavy atom. The number of hydrogen-bond donors (Lipinski definition) is 2. The van der Waals surface area contributed by atoms with Gasteiger partial charge in [0.05, 0.1) is 16.4 Å². The van der Waals surface area contributed by atoms with Gasteiger partial charge in [0, 0.05) is 11.3 Å². The number of thiophene rings is 1. The highest BCUT2D eigenvalue weighted by Crippen LogP contribution is 2.22. The van der Waals surface area contributed by atoms with Gasteiger partial charge >= 0.3 is 0 Å². The average Bonchev–Trinajstić information content (AvgIpc) is 2.98. The van der Waals surface area contributed by atoms with Gasteiger partial charge in [0.25, 0.3) is 5.91 Å². The highest BCUT2D eigenvalue weighted by Gasteiger charge is 2.29. The third kappa shape index (κ3) is 4.30. The van der Waals surface area contributed by atoms with Crippen LogP contribution >= 0.6 is 11.3 Å². The fourth-order valence-corrected chi connectivity index (χ4v) is 5.39. The molecule has 8 heteroatoms. The molecule has 22 heavy (non-hydrogen) atoms. The Kier molecular flexibility index (Phi) is 5.23. The molecular weight excluding hydrogens is 324 g/mol. The van der Waals surface area contributed by atoms with Crippen molar-refractivity contribution in [1.29, 1.82) is 0 Å². The van der Waals surface area contributed by atoms with Crippen molar-refractivity contribution >= 4 is 33.0 Å². The average molecular weight is 344 g/mol. The van der Waals surface area contributed by atoms with Gasteiger partial charge in [-0.1, -0.05) is 6.92 Å². The van der Waals surface area contributed by atoms with E-state index in [2.05, 4.69) is 10.9 Å². The molecule has 2 N–H and O–H groups in total. The van der Waals surface area contributed by atoms with Gasteiger partial charge in [0.15, 0.2) is 9.84 Å². The molecule has 2 heterocycles. The Balaban J connectivity index is 1.82. The third-order valence-electron chi connectivity index (χ3n) is 3.74. The molecule has 0 spiro atoms. The minimum Gasteiger partial charge on any atom is -0.273 e. The molecule has 1 fully saturated rings. The fourth-order valence-electron chi connectivity index (χ4n) is 2.52. The summed E-state index contributed by atoms with van der Waals surface area (Å²) in [4.78, 5) is 25.4. The molecule has 1 aromatic rings. The largest absolute Gasteiger partial charge is 0.279 e. The van der Waals surface area contributed by atoms with Gasteiger partial charge in [-0.2, -0.15) is 0 Å². The number of aryl methyl sites for hydroxylation is 2. The number of rotatable bonds is 4. The van der Waals surface area contributed by atoms with Gasteiger partial charge in [0.1, 0.15) is 0 Å². The summed E-state index contributed by atoms with van der Waals surface area (Å²) >= 11 is 1.39. The number of carbonyl (C=O) groups is 2. The van der Waals surface area contributed by atoms with Crippen LogP contribution in [0.4, 0.5) is 0 Å². The lowest BCUT2D eigenvalue weighted by Gasteiger charge is -2.09. The summed E-state index contributed by atoms with van der Waals surface area (Å²) in [6.07, 6.45) is 1.48. The lowest BCUT2D eigenvalue weighted by molar-refractivity contribution is -0.122. The highest BCUT2D eigenvalue weighted by atomic mass is 32.2. The van der Waals surface area contributed by atoms with Crippen LogP contribution < -0.4 is 10.9 Å². The lowest BCUT2D eigenvalue weighted by Crippen LogP contribution is -2.42. The molecule has 2 amide bonds. The molecule has 0 aromatic carbocycles. The van der Waals surface area contributed by atoms with Crippen LogP contribution in [0.1, 0.15) is 39.9 Å². The van der Waals surface area contributed by atoms with E-state index in [4.69, 9.17) is 0 Å². The van der Waals surface area contributed by atoms with Crippen molar-refractivity contribution in [2.75, 3.05) is 11.5 Å². The van der Waals surface area contributed by atoms with Crippen molar-refractivity contribution in [2.45, 2.75) is 33.1 Å². The Labute approximate surface area is 134 Å². The number of nitrogens with one attached hydrogen (secondary N) is 2. The fraction of sp³-hybridized carbons (Fsp3) is 0.571. The standard InChI is InChI=1S/C14H20N2O4S2/c1-3-11-7-12(21-9(11)2)14(18)16-15-13(17)6-10-4-5-22(19,20)8-10/h7,10H,3-6,8H2,1-2H3,(H,15,17)(H,16,18). The van der Waals surface area contributed by atoms with E-state index in [0.29, 0.717) is 11.3 Å². The maximum Gasteiger partial charge on any atom is 0.279 e. The smallest absolute Gasteiger partial charge is 0.273 e. The zero-order valence-electron chi connectivity index (χ0n) is 12.6. The maximum atomic E-state index is 12.0. The highest BCUT2D eigenvalue weighted by molar-refractivity contribution is 7.91. The molecule has 1 atom stereocenters. The van der Waals surface area contributed by atoms with Gasteiger partial charge in [-0.3, -0.25) is 20.4 Å². The predicted molar refractivity (Wildman–Crippen MR) is 85.4 cm³/mol. The van der Waals surface area contributed by atoms with Crippen LogP contribution in [0.5, 0.6) is 0 Å². The van der Waals surface area contributed by atoms with E-state index in [1.807, 2.05) is 19.9 Å². The minimum atomic E-state index is -2.99. The summed E-state index contributed by atoms with van der Waals surface area (Å²) in [5, 5.41) is 0. The molecule has 2 rings (SSSR count). The molecule has 1 unspecified atom stereocenters. The van der Waals surface area contributed by atoms with Crippen LogP contribution in [0.2, 0.25) is 0 Å². The first-order valence-electron chi connectivity index (χ1n) is 7.19. The normalized spacial score (nSPS) is 19.8. The Bertz CT molecular complexity index is 679. The topological polar surface area (TPSA) is 92.3 Å². The van der Waals surface area contributed by atoms with Crippen molar-refractivity contribution in [3.63, 3.8) is 0 Å². The number of carbonyl (C=O) groups excluding carboxylic acids is 2. The summed E-state index contributed by atoms with van der Waals surface area (Å²) in [6, 6.07) is 1.82. The van der Waals surface area contributed by atoms with E-state index >= 15 is 0 Å². The van der Waals surface area contributed by atoms with E-state index in [9.17, 15) is 18.0 Å². The molecule has 0 aliphatic carbocycles. The zero-order chi connectivity index (χ0) is 16.3. The molecule has 1 aliphatic heterocycles. The monoisotopic (exact) mass is 344 g/mol. The van der Waals surface area contributed by atoms with Crippen LogP contribution in [0.3, 0.4) is 0 Å². The number of amides is 2. The third-order valence-corrected chi connectivity index (χ3v) is 6.67. The number of sulfone groups is 1. The summed E-state index contributed by atoms with van der Waals surface area (Å²) in [5.74, 6) is -0.665. The molecule has 1 aromatic heterocycles. The Morgan fingerprint density at radius 1 is 1.36 bits per heavy atom. The van der Waals surface area contributed by atoms with Gasteiger partial charge in [-0.05, 0) is 37.3 Å². The van der Waals surface area contributed by atoms with Crippen LogP contribution in [0.25, 0.3) is 0 Å². The van der Waals surface area contributed by atoms with Crippen LogP contribution in [-0.2, 0) is 21.1 Å². The SMILES string of the molecule is CCc1cc(C(=O)NNC(=O)CC2CCS(=O)(=O)C2)sc1C. The Morgan fingerprint density at radius 2 is 2.09 bits per heavy atom. The maximum absolute atomic E-state index is 12.0. The Hall–Kier alpha value is -1.41. The first-order chi connectivity index (χ1) is 10.3. The van der Waals surface area contributed by atoms with E-state index < -0.39 is 9.84 Å². The molecule has 0 bridgehead atoms. The van der Waals surface area contributed by atoms with E-state index in [1.165, 1.54) is 11.3 Å². The van der Waals surface area contributed by atoms with Crippen molar-refractivity contribution in [2.24, 2.45) is 5.92 Å². The van der Waals surface area contributed by atoms with E-state index in [0.717, 1.165) is 16.9 Å². The molecule has 0 saturated carbocycles. The minimum absolute atomic E-state index is 0.0539. The summed E-state index contributed by atoms with van der Waals surface area (Å²) in [6.45, 7) is 3.98. The van der Waals surface area contributed by atoms with Crippen LogP contribution in [0, 0.1) is 12.8 Å². The molecule has 1 saturated heterocycles. The van der Waals surface area contributed by atoms with Crippen molar-refractivity contribution < 1.29 is 18.0 Å². The summed E-state index contributed by atoms with van der Waals surface area (Å²) < 4.78 is 22.7. The summed E-state index contributed by atoms with van der Waals surface area (Å²) in [7, 11) is -2.99. The van der Waals surface area contributed by atoms with Crippen molar-refractivity contribution in [1.82, 2.24) is 10.9 Å². The zero-order valence-corrected chi connectivity index (χ0v) is 14.3. The van der Waals surface area contributed by atoms with Crippen molar-refractivity contribution in [3.8, 4) is 0 Å². The molecule has 0 radical (unpaired) electrons. The second-order valence-corrected chi connectivity index (χ2v) is 9.01. The van der Waals surface area contributed by atoms with Gasteiger partial charge < -0.3 is 0 Å². The number of hydrazine groups is 1. The van der Waals surface area contributed by atoms with Gasteiger partial charge in [0.2, 0.25) is 5.91 Å². The summed E-state index contributed by atoms with van der Waals surface area (Å²) in [5.41, 5.74) is 5.86. The van der Waals surface area contributed by atoms with Crippen LogP contribution in [0.15, 0.2) is 6.07 Å². The molecule has 122 valence electrons. The second-order valence-electron chi connectivity index (χ2n) is 5.52. The lowest BCUT2D eigenvalue weighted by atomic mass is 10.1.